The Balaban J connectivity index is 0.00000385. The van der Waals surface area contributed by atoms with Gasteiger partial charge >= 0.3 is 0 Å². The van der Waals surface area contributed by atoms with Gasteiger partial charge in [-0.05, 0) is 64.7 Å². The molecular formula is C24H42IN7O. The number of pyridine rings is 1. The van der Waals surface area contributed by atoms with Crippen LogP contribution in [0.1, 0.15) is 57.4 Å². The van der Waals surface area contributed by atoms with E-state index in [1.807, 2.05) is 12.3 Å². The lowest BCUT2D eigenvalue weighted by Gasteiger charge is -2.33. The van der Waals surface area contributed by atoms with E-state index in [1.165, 1.54) is 38.8 Å². The summed E-state index contributed by atoms with van der Waals surface area (Å²) in [6.45, 7) is 9.53. The van der Waals surface area contributed by atoms with Crippen LogP contribution in [0.3, 0.4) is 0 Å². The molecule has 1 aromatic rings. The second kappa shape index (κ2) is 15.3. The minimum absolute atomic E-state index is 0. The molecule has 0 bridgehead atoms. The zero-order valence-electron chi connectivity index (χ0n) is 20.1. The summed E-state index contributed by atoms with van der Waals surface area (Å²) in [6, 6.07) is 4.02. The molecule has 8 nitrogen and oxygen atoms in total. The number of anilines is 1. The van der Waals surface area contributed by atoms with Crippen molar-refractivity contribution in [1.82, 2.24) is 20.5 Å². The highest BCUT2D eigenvalue weighted by Gasteiger charge is 2.25. The molecule has 0 aromatic carbocycles. The fourth-order valence-electron chi connectivity index (χ4n) is 4.62. The number of carbonyl (C=O) groups excluding carboxylic acids is 1. The Bertz CT molecular complexity index is 737. The first-order chi connectivity index (χ1) is 15.7. The van der Waals surface area contributed by atoms with Gasteiger partial charge in [0.1, 0.15) is 5.82 Å². The van der Waals surface area contributed by atoms with Crippen LogP contribution in [0.5, 0.6) is 0 Å². The molecule has 1 amide bonds. The lowest BCUT2D eigenvalue weighted by atomic mass is 9.97. The Hall–Kier alpha value is -1.62. The number of amides is 1. The van der Waals surface area contributed by atoms with Gasteiger partial charge in [-0.1, -0.05) is 18.9 Å². The van der Waals surface area contributed by atoms with Crippen LogP contribution in [0.2, 0.25) is 0 Å². The smallest absolute Gasteiger partial charge is 0.222 e. The largest absolute Gasteiger partial charge is 0.369 e. The molecule has 0 aliphatic carbocycles. The van der Waals surface area contributed by atoms with E-state index in [4.69, 9.17) is 10.7 Å². The van der Waals surface area contributed by atoms with Crippen LogP contribution in [-0.2, 0) is 11.3 Å². The van der Waals surface area contributed by atoms with E-state index in [2.05, 4.69) is 38.4 Å². The molecule has 9 heteroatoms. The van der Waals surface area contributed by atoms with E-state index in [0.29, 0.717) is 13.1 Å². The first kappa shape index (κ1) is 27.6. The van der Waals surface area contributed by atoms with Gasteiger partial charge < -0.3 is 26.2 Å². The normalized spacial score (nSPS) is 20.0. The number of nitrogens with one attached hydrogen (secondary N) is 2. The summed E-state index contributed by atoms with van der Waals surface area (Å²) >= 11 is 0. The average Bonchev–Trinajstić information content (AvgIpc) is 3.09. The van der Waals surface area contributed by atoms with Crippen molar-refractivity contribution < 1.29 is 4.79 Å². The van der Waals surface area contributed by atoms with E-state index in [1.54, 1.807) is 0 Å². The number of hydrogen-bond acceptors (Lipinski definition) is 5. The summed E-state index contributed by atoms with van der Waals surface area (Å²) in [5.74, 6) is 1.43. The van der Waals surface area contributed by atoms with Crippen molar-refractivity contribution in [3.63, 3.8) is 0 Å². The third-order valence-corrected chi connectivity index (χ3v) is 6.38. The second-order valence-electron chi connectivity index (χ2n) is 8.91. The predicted octanol–water partition coefficient (Wildman–Crippen LogP) is 2.72. The second-order valence-corrected chi connectivity index (χ2v) is 8.91. The number of aromatic nitrogens is 1. The SMILES string of the molecule is CCNC(=NCc1cccnc1N1CCCC(C(N)=O)C1)NCCCN1CCCCCC1.I. The summed E-state index contributed by atoms with van der Waals surface area (Å²) < 4.78 is 0. The number of aliphatic imine (C=N–C) groups is 1. The van der Waals surface area contributed by atoms with Crippen molar-refractivity contribution in [2.24, 2.45) is 16.6 Å². The number of hydrogen-bond donors (Lipinski definition) is 3. The number of guanidine groups is 1. The fourth-order valence-corrected chi connectivity index (χ4v) is 4.62. The molecule has 1 atom stereocenters. The number of primary amides is 1. The molecule has 0 radical (unpaired) electrons. The first-order valence-electron chi connectivity index (χ1n) is 12.4. The Labute approximate surface area is 216 Å². The van der Waals surface area contributed by atoms with Crippen molar-refractivity contribution in [1.29, 1.82) is 0 Å². The molecule has 3 rings (SSSR count). The molecule has 186 valence electrons. The predicted molar refractivity (Wildman–Crippen MR) is 146 cm³/mol. The highest BCUT2D eigenvalue weighted by molar-refractivity contribution is 14.0. The van der Waals surface area contributed by atoms with Crippen LogP contribution in [0.15, 0.2) is 23.3 Å². The molecular weight excluding hydrogens is 529 g/mol. The molecule has 2 fully saturated rings. The van der Waals surface area contributed by atoms with Crippen molar-refractivity contribution in [3.05, 3.63) is 23.9 Å². The van der Waals surface area contributed by atoms with Gasteiger partial charge in [0.05, 0.1) is 12.5 Å². The number of nitrogens with two attached hydrogens (primary N) is 1. The van der Waals surface area contributed by atoms with E-state index >= 15 is 0 Å². The number of piperidine rings is 1. The average molecular weight is 572 g/mol. The monoisotopic (exact) mass is 571 g/mol. The molecule has 1 unspecified atom stereocenters. The topological polar surface area (TPSA) is 98.9 Å². The van der Waals surface area contributed by atoms with Gasteiger partial charge in [-0.3, -0.25) is 4.79 Å². The maximum Gasteiger partial charge on any atom is 0.222 e. The van der Waals surface area contributed by atoms with Crippen LogP contribution in [0.25, 0.3) is 0 Å². The van der Waals surface area contributed by atoms with Gasteiger partial charge in [0.15, 0.2) is 5.96 Å². The standard InChI is InChI=1S/C24H41N7O.HI/c1-2-26-24(28-13-9-16-30-14-5-3-4-6-15-30)29-18-20-10-7-12-27-23(20)31-17-8-11-21(19-31)22(25)32;/h7,10,12,21H,2-6,8-9,11,13-19H2,1H3,(H2,25,32)(H2,26,28,29);1H. The molecule has 0 saturated carbocycles. The van der Waals surface area contributed by atoms with Crippen LogP contribution in [0.4, 0.5) is 5.82 Å². The minimum atomic E-state index is -0.219. The molecule has 3 heterocycles. The molecule has 2 aliphatic rings. The van der Waals surface area contributed by atoms with Gasteiger partial charge in [-0.2, -0.15) is 0 Å². The molecule has 1 aromatic heterocycles. The van der Waals surface area contributed by atoms with Gasteiger partial charge in [-0.25, -0.2) is 9.98 Å². The summed E-state index contributed by atoms with van der Waals surface area (Å²) in [6.07, 6.45) is 10.2. The minimum Gasteiger partial charge on any atom is -0.369 e. The summed E-state index contributed by atoms with van der Waals surface area (Å²) in [4.78, 5) is 25.9. The van der Waals surface area contributed by atoms with Crippen LogP contribution in [-0.4, -0.2) is 67.6 Å². The Morgan fingerprint density at radius 2 is 1.97 bits per heavy atom. The molecule has 4 N–H and O–H groups in total. The van der Waals surface area contributed by atoms with Crippen molar-refractivity contribution in [2.45, 2.75) is 58.4 Å². The highest BCUT2D eigenvalue weighted by Crippen LogP contribution is 2.25. The van der Waals surface area contributed by atoms with Crippen LogP contribution < -0.4 is 21.3 Å². The maximum atomic E-state index is 11.7. The lowest BCUT2D eigenvalue weighted by Crippen LogP contribution is -2.42. The van der Waals surface area contributed by atoms with E-state index in [-0.39, 0.29) is 35.8 Å². The summed E-state index contributed by atoms with van der Waals surface area (Å²) in [5.41, 5.74) is 6.63. The number of halogens is 1. The lowest BCUT2D eigenvalue weighted by molar-refractivity contribution is -0.122. The van der Waals surface area contributed by atoms with Crippen LogP contribution in [0, 0.1) is 5.92 Å². The Kier molecular flexibility index (Phi) is 12.8. The van der Waals surface area contributed by atoms with Gasteiger partial charge in [0, 0.05) is 37.9 Å². The van der Waals surface area contributed by atoms with Gasteiger partial charge in [0.25, 0.3) is 0 Å². The quantitative estimate of drug-likeness (QED) is 0.183. The maximum absolute atomic E-state index is 11.7. The molecule has 0 spiro atoms. The van der Waals surface area contributed by atoms with Crippen LogP contribution >= 0.6 is 24.0 Å². The third kappa shape index (κ3) is 9.27. The Morgan fingerprint density at radius 3 is 2.70 bits per heavy atom. The number of rotatable bonds is 9. The van der Waals surface area contributed by atoms with Crippen molar-refractivity contribution >= 4 is 41.7 Å². The number of carbonyl (C=O) groups is 1. The van der Waals surface area contributed by atoms with Crippen molar-refractivity contribution in [3.8, 4) is 0 Å². The Morgan fingerprint density at radius 1 is 1.18 bits per heavy atom. The fraction of sp³-hybridized carbons (Fsp3) is 0.708. The third-order valence-electron chi connectivity index (χ3n) is 6.38. The molecule has 2 saturated heterocycles. The van der Waals surface area contributed by atoms with E-state index < -0.39 is 0 Å². The molecule has 33 heavy (non-hydrogen) atoms. The van der Waals surface area contributed by atoms with E-state index in [9.17, 15) is 4.79 Å². The van der Waals surface area contributed by atoms with E-state index in [0.717, 1.165) is 62.8 Å². The summed E-state index contributed by atoms with van der Waals surface area (Å²) in [5, 5.41) is 6.84. The highest BCUT2D eigenvalue weighted by atomic mass is 127. The van der Waals surface area contributed by atoms with Gasteiger partial charge in [-0.15, -0.1) is 24.0 Å². The summed E-state index contributed by atoms with van der Waals surface area (Å²) in [7, 11) is 0. The van der Waals surface area contributed by atoms with Crippen molar-refractivity contribution in [2.75, 3.05) is 50.7 Å². The number of likely N-dealkylation sites (tertiary alicyclic amines) is 1. The first-order valence-corrected chi connectivity index (χ1v) is 12.4. The van der Waals surface area contributed by atoms with Gasteiger partial charge in [0.2, 0.25) is 5.91 Å². The number of nitrogens with zero attached hydrogens (tertiary/aromatic N) is 4. The zero-order chi connectivity index (χ0) is 22.6. The molecule has 2 aliphatic heterocycles. The zero-order valence-corrected chi connectivity index (χ0v) is 22.4.